The van der Waals surface area contributed by atoms with Crippen molar-refractivity contribution in [2.45, 2.75) is 126 Å². The molecule has 1 N–H and O–H groups in total. The second-order valence-corrected chi connectivity index (χ2v) is 15.2. The van der Waals surface area contributed by atoms with Crippen LogP contribution >= 0.6 is 0 Å². The quantitative estimate of drug-likeness (QED) is 0.387. The molecule has 0 unspecified atom stereocenters. The van der Waals surface area contributed by atoms with E-state index in [-0.39, 0.29) is 11.5 Å². The first-order valence-corrected chi connectivity index (χ1v) is 13.6. The summed E-state index contributed by atoms with van der Waals surface area (Å²) in [4.78, 5) is 0. The van der Waals surface area contributed by atoms with Gasteiger partial charge in [-0.1, -0.05) is 67.0 Å². The number of fused-ring (bicyclic) bond motifs is 7. The number of hydrogen-bond donors (Lipinski definition) is 1. The summed E-state index contributed by atoms with van der Waals surface area (Å²) < 4.78 is 0. The molecule has 0 bridgehead atoms. The minimum Gasteiger partial charge on any atom is -0.393 e. The van der Waals surface area contributed by atoms with Crippen LogP contribution in [0.3, 0.4) is 0 Å². The van der Waals surface area contributed by atoms with E-state index in [1.807, 2.05) is 5.57 Å². The second-order valence-electron chi connectivity index (χ2n) is 15.2. The lowest BCUT2D eigenvalue weighted by molar-refractivity contribution is -0.202. The van der Waals surface area contributed by atoms with E-state index in [9.17, 15) is 5.11 Å². The second kappa shape index (κ2) is 6.43. The Labute approximate surface area is 192 Å². The Hall–Kier alpha value is -0.300. The summed E-state index contributed by atoms with van der Waals surface area (Å²) in [5.41, 5.74) is 4.09. The monoisotopic (exact) mass is 426 g/mol. The summed E-state index contributed by atoms with van der Waals surface area (Å²) in [5, 5.41) is 10.9. The molecule has 4 saturated carbocycles. The van der Waals surface area contributed by atoms with Crippen molar-refractivity contribution in [2.75, 3.05) is 0 Å². The molecule has 5 aliphatic rings. The van der Waals surface area contributed by atoms with E-state index in [0.29, 0.717) is 33.0 Å². The Kier molecular flexibility index (Phi) is 4.66. The van der Waals surface area contributed by atoms with E-state index < -0.39 is 0 Å². The Balaban J connectivity index is 1.57. The van der Waals surface area contributed by atoms with Crippen molar-refractivity contribution in [3.8, 4) is 0 Å². The summed E-state index contributed by atoms with van der Waals surface area (Å²) in [6, 6.07) is 0. The van der Waals surface area contributed by atoms with E-state index in [2.05, 4.69) is 61.5 Å². The van der Waals surface area contributed by atoms with Crippen LogP contribution in [-0.2, 0) is 0 Å². The highest BCUT2D eigenvalue weighted by molar-refractivity contribution is 5.33. The minimum atomic E-state index is -0.125. The number of aliphatic hydroxyl groups excluding tert-OH is 1. The molecule has 176 valence electrons. The van der Waals surface area contributed by atoms with Gasteiger partial charge in [0.15, 0.2) is 0 Å². The molecule has 1 heteroatoms. The number of rotatable bonds is 0. The molecule has 0 spiro atoms. The zero-order valence-electron chi connectivity index (χ0n) is 21.9. The maximum atomic E-state index is 10.9. The van der Waals surface area contributed by atoms with E-state index in [1.165, 1.54) is 57.8 Å². The number of aliphatic hydroxyl groups is 1. The number of allylic oxidation sites excluding steroid dienone is 2. The molecular formula is C30H50O. The Morgan fingerprint density at radius 1 is 0.774 bits per heavy atom. The minimum absolute atomic E-state index is 0.0533. The molecule has 0 radical (unpaired) electrons. The molecular weight excluding hydrogens is 376 g/mol. The van der Waals surface area contributed by atoms with Crippen molar-refractivity contribution >= 4 is 0 Å². The zero-order chi connectivity index (χ0) is 22.7. The fourth-order valence-electron chi connectivity index (χ4n) is 10.5. The van der Waals surface area contributed by atoms with Crippen LogP contribution in [0, 0.1) is 50.2 Å². The van der Waals surface area contributed by atoms with Gasteiger partial charge >= 0.3 is 0 Å². The van der Waals surface area contributed by atoms with Crippen LogP contribution in [0.5, 0.6) is 0 Å². The van der Waals surface area contributed by atoms with E-state index in [4.69, 9.17) is 0 Å². The van der Waals surface area contributed by atoms with Crippen molar-refractivity contribution in [1.82, 2.24) is 0 Å². The molecule has 4 fully saturated rings. The molecule has 0 aromatic rings. The maximum Gasteiger partial charge on any atom is 0.0594 e. The predicted octanol–water partition coefficient (Wildman–Crippen LogP) is 8.17. The van der Waals surface area contributed by atoms with Crippen LogP contribution in [0.25, 0.3) is 0 Å². The van der Waals surface area contributed by atoms with Crippen LogP contribution in [0.1, 0.15) is 120 Å². The fourth-order valence-corrected chi connectivity index (χ4v) is 10.5. The van der Waals surface area contributed by atoms with E-state index >= 15 is 0 Å². The molecule has 5 rings (SSSR count). The third-order valence-corrected chi connectivity index (χ3v) is 13.0. The summed E-state index contributed by atoms with van der Waals surface area (Å²) in [6.45, 7) is 20.4. The Morgan fingerprint density at radius 2 is 1.45 bits per heavy atom. The van der Waals surface area contributed by atoms with Crippen molar-refractivity contribution < 1.29 is 5.11 Å². The molecule has 0 aliphatic heterocycles. The third-order valence-electron chi connectivity index (χ3n) is 13.0. The summed E-state index contributed by atoms with van der Waals surface area (Å²) in [5.74, 6) is 2.21. The largest absolute Gasteiger partial charge is 0.393 e. The first-order valence-electron chi connectivity index (χ1n) is 13.6. The Morgan fingerprint density at radius 3 is 2.16 bits per heavy atom. The van der Waals surface area contributed by atoms with Gasteiger partial charge in [-0.05, 0) is 114 Å². The van der Waals surface area contributed by atoms with Gasteiger partial charge in [0.1, 0.15) is 0 Å². The predicted molar refractivity (Wildman–Crippen MR) is 131 cm³/mol. The van der Waals surface area contributed by atoms with Gasteiger partial charge in [-0.2, -0.15) is 0 Å². The van der Waals surface area contributed by atoms with Gasteiger partial charge in [-0.3, -0.25) is 0 Å². The van der Waals surface area contributed by atoms with E-state index in [0.717, 1.165) is 18.3 Å². The van der Waals surface area contributed by atoms with Crippen LogP contribution < -0.4 is 0 Å². The summed E-state index contributed by atoms with van der Waals surface area (Å²) in [6.07, 6.45) is 15.9. The SMILES string of the molecule is CC1(C)CC[C@]2(C)CC[C@]3(C)C(=CC[C@@H]4[C@]5(C)CC[C@H](O)C(C)(C)[C@@H]5CC[C@]43C)[C@H]2C1. The van der Waals surface area contributed by atoms with Gasteiger partial charge in [-0.25, -0.2) is 0 Å². The van der Waals surface area contributed by atoms with Gasteiger partial charge in [0.05, 0.1) is 6.10 Å². The normalized spacial score (nSPS) is 55.2. The molecule has 0 aromatic carbocycles. The van der Waals surface area contributed by atoms with Crippen molar-refractivity contribution in [1.29, 1.82) is 0 Å². The molecule has 1 nitrogen and oxygen atoms in total. The third kappa shape index (κ3) is 2.77. The van der Waals surface area contributed by atoms with Gasteiger partial charge in [0, 0.05) is 0 Å². The van der Waals surface area contributed by atoms with Crippen LogP contribution in [0.4, 0.5) is 0 Å². The average molecular weight is 427 g/mol. The van der Waals surface area contributed by atoms with Gasteiger partial charge < -0.3 is 5.11 Å². The average Bonchev–Trinajstić information content (AvgIpc) is 2.67. The first-order chi connectivity index (χ1) is 14.2. The highest BCUT2D eigenvalue weighted by Crippen LogP contribution is 2.75. The van der Waals surface area contributed by atoms with Gasteiger partial charge in [0.25, 0.3) is 0 Å². The lowest BCUT2D eigenvalue weighted by Gasteiger charge is -2.71. The van der Waals surface area contributed by atoms with Crippen LogP contribution in [0.15, 0.2) is 11.6 Å². The summed E-state index contributed by atoms with van der Waals surface area (Å²) >= 11 is 0. The molecule has 0 aromatic heterocycles. The van der Waals surface area contributed by atoms with Gasteiger partial charge in [0.2, 0.25) is 0 Å². The highest BCUT2D eigenvalue weighted by Gasteiger charge is 2.67. The van der Waals surface area contributed by atoms with Gasteiger partial charge in [-0.15, -0.1) is 0 Å². The fraction of sp³-hybridized carbons (Fsp3) is 0.933. The molecule has 0 heterocycles. The lowest BCUT2D eigenvalue weighted by atomic mass is 9.33. The van der Waals surface area contributed by atoms with Crippen LogP contribution in [0.2, 0.25) is 0 Å². The zero-order valence-corrected chi connectivity index (χ0v) is 21.9. The number of hydrogen-bond acceptors (Lipinski definition) is 1. The first kappa shape index (κ1) is 22.5. The van der Waals surface area contributed by atoms with Crippen molar-refractivity contribution in [3.05, 3.63) is 11.6 Å². The molecule has 8 atom stereocenters. The van der Waals surface area contributed by atoms with Crippen LogP contribution in [-0.4, -0.2) is 11.2 Å². The molecule has 5 aliphatic carbocycles. The van der Waals surface area contributed by atoms with Crippen molar-refractivity contribution in [2.24, 2.45) is 50.2 Å². The maximum absolute atomic E-state index is 10.9. The lowest BCUT2D eigenvalue weighted by Crippen LogP contribution is -2.64. The summed E-state index contributed by atoms with van der Waals surface area (Å²) in [7, 11) is 0. The molecule has 0 saturated heterocycles. The molecule has 31 heavy (non-hydrogen) atoms. The van der Waals surface area contributed by atoms with E-state index in [1.54, 1.807) is 0 Å². The topological polar surface area (TPSA) is 20.2 Å². The molecule has 0 amide bonds. The Bertz CT molecular complexity index is 790. The standard InChI is InChI=1S/C30H50O/c1-25(2)15-16-27(5)17-18-29(7)20(21(27)19-25)9-10-23-28(6)13-12-24(31)26(3,4)22(28)11-14-30(23,29)8/h9,21-24,31H,10-19H2,1-8H3/t21-,22+,23-,24+,27-,28-,29-,30-/m1/s1. The smallest absolute Gasteiger partial charge is 0.0594 e. The highest BCUT2D eigenvalue weighted by atomic mass is 16.3. The van der Waals surface area contributed by atoms with Crippen molar-refractivity contribution in [3.63, 3.8) is 0 Å².